The van der Waals surface area contributed by atoms with Gasteiger partial charge >= 0.3 is 0 Å². The highest BCUT2D eigenvalue weighted by atomic mass is 35.5. The molecular weight excluding hydrogens is 248 g/mol. The largest absolute Gasteiger partial charge is 0.135 e. The first-order valence-corrected chi connectivity index (χ1v) is 6.68. The van der Waals surface area contributed by atoms with Crippen LogP contribution in [0.2, 0.25) is 5.02 Å². The zero-order valence-corrected chi connectivity index (χ0v) is 11.0. The Kier molecular flexibility index (Phi) is 2.65. The van der Waals surface area contributed by atoms with Gasteiger partial charge in [0.15, 0.2) is 0 Å². The van der Waals surface area contributed by atoms with Gasteiger partial charge in [0.25, 0.3) is 0 Å². The van der Waals surface area contributed by atoms with Gasteiger partial charge in [-0.15, -0.1) is 11.3 Å². The molecule has 0 bridgehead atoms. The van der Waals surface area contributed by atoms with Crippen molar-refractivity contribution in [1.29, 1.82) is 0 Å². The molecule has 0 amide bonds. The number of benzene rings is 2. The zero-order valence-electron chi connectivity index (χ0n) is 9.41. The van der Waals surface area contributed by atoms with Crippen LogP contribution in [0.15, 0.2) is 48.5 Å². The number of fused-ring (bicyclic) bond motifs is 1. The third-order valence-corrected chi connectivity index (χ3v) is 4.17. The summed E-state index contributed by atoms with van der Waals surface area (Å²) in [5.41, 5.74) is 2.49. The lowest BCUT2D eigenvalue weighted by atomic mass is 10.1. The van der Waals surface area contributed by atoms with E-state index < -0.39 is 0 Å². The maximum Gasteiger partial charge on any atom is 0.0412 e. The fourth-order valence-corrected chi connectivity index (χ4v) is 3.27. The van der Waals surface area contributed by atoms with Gasteiger partial charge in [0, 0.05) is 14.6 Å². The Morgan fingerprint density at radius 3 is 2.71 bits per heavy atom. The first kappa shape index (κ1) is 10.8. The lowest BCUT2D eigenvalue weighted by Gasteiger charge is -1.96. The van der Waals surface area contributed by atoms with Gasteiger partial charge in [-0.05, 0) is 47.7 Å². The van der Waals surface area contributed by atoms with E-state index in [2.05, 4.69) is 37.3 Å². The summed E-state index contributed by atoms with van der Waals surface area (Å²) in [5.74, 6) is 0. The molecule has 0 aliphatic heterocycles. The Morgan fingerprint density at radius 1 is 1.00 bits per heavy atom. The van der Waals surface area contributed by atoms with Gasteiger partial charge in [-0.25, -0.2) is 0 Å². The minimum Gasteiger partial charge on any atom is -0.135 e. The lowest BCUT2D eigenvalue weighted by molar-refractivity contribution is 1.52. The van der Waals surface area contributed by atoms with E-state index in [0.29, 0.717) is 0 Å². The molecule has 0 saturated heterocycles. The van der Waals surface area contributed by atoms with Gasteiger partial charge in [0.2, 0.25) is 0 Å². The van der Waals surface area contributed by atoms with Crippen LogP contribution in [0.5, 0.6) is 0 Å². The lowest BCUT2D eigenvalue weighted by Crippen LogP contribution is -1.70. The van der Waals surface area contributed by atoms with Crippen molar-refractivity contribution in [2.75, 3.05) is 0 Å². The molecule has 0 saturated carbocycles. The molecule has 1 heterocycles. The molecule has 0 aliphatic carbocycles. The molecule has 3 rings (SSSR count). The van der Waals surface area contributed by atoms with E-state index >= 15 is 0 Å². The minimum absolute atomic E-state index is 0.788. The van der Waals surface area contributed by atoms with Gasteiger partial charge in [0.1, 0.15) is 0 Å². The summed E-state index contributed by atoms with van der Waals surface area (Å²) in [6.45, 7) is 2.12. The second-order valence-corrected chi connectivity index (χ2v) is 5.68. The third-order valence-electron chi connectivity index (χ3n) is 2.78. The molecule has 2 heteroatoms. The van der Waals surface area contributed by atoms with Crippen LogP contribution in [0, 0.1) is 6.92 Å². The van der Waals surface area contributed by atoms with E-state index in [1.54, 1.807) is 0 Å². The van der Waals surface area contributed by atoms with E-state index in [0.717, 1.165) is 5.02 Å². The Balaban J connectivity index is 2.18. The van der Waals surface area contributed by atoms with E-state index in [1.165, 1.54) is 26.1 Å². The van der Waals surface area contributed by atoms with Crippen molar-refractivity contribution in [3.63, 3.8) is 0 Å². The van der Waals surface area contributed by atoms with Gasteiger partial charge < -0.3 is 0 Å². The van der Waals surface area contributed by atoms with Crippen molar-refractivity contribution in [3.05, 3.63) is 59.1 Å². The molecule has 0 unspecified atom stereocenters. The summed E-state index contributed by atoms with van der Waals surface area (Å²) < 4.78 is 1.33. The molecule has 0 fully saturated rings. The summed E-state index contributed by atoms with van der Waals surface area (Å²) in [4.78, 5) is 1.27. The highest BCUT2D eigenvalue weighted by Gasteiger charge is 2.04. The van der Waals surface area contributed by atoms with Gasteiger partial charge in [0.05, 0.1) is 0 Å². The monoisotopic (exact) mass is 258 g/mol. The molecule has 0 N–H and O–H groups in total. The Labute approximate surface area is 109 Å². The van der Waals surface area contributed by atoms with Crippen LogP contribution in [0.3, 0.4) is 0 Å². The second-order valence-electron chi connectivity index (χ2n) is 4.16. The molecule has 0 aliphatic rings. The number of hydrogen-bond donors (Lipinski definition) is 0. The van der Waals surface area contributed by atoms with E-state index in [9.17, 15) is 0 Å². The maximum atomic E-state index is 6.02. The Morgan fingerprint density at radius 2 is 1.88 bits per heavy atom. The maximum absolute atomic E-state index is 6.02. The van der Waals surface area contributed by atoms with Crippen molar-refractivity contribution in [1.82, 2.24) is 0 Å². The van der Waals surface area contributed by atoms with Crippen molar-refractivity contribution >= 4 is 33.0 Å². The molecule has 2 aromatic carbocycles. The average molecular weight is 259 g/mol. The second kappa shape index (κ2) is 4.17. The fourth-order valence-electron chi connectivity index (χ4n) is 1.92. The van der Waals surface area contributed by atoms with E-state index in [-0.39, 0.29) is 0 Å². The van der Waals surface area contributed by atoms with Crippen molar-refractivity contribution in [2.45, 2.75) is 6.92 Å². The fraction of sp³-hybridized carbons (Fsp3) is 0.0667. The summed E-state index contributed by atoms with van der Waals surface area (Å²) >= 11 is 7.84. The number of halogens is 1. The van der Waals surface area contributed by atoms with Crippen LogP contribution in [0.1, 0.15) is 5.56 Å². The van der Waals surface area contributed by atoms with Crippen LogP contribution in [0.4, 0.5) is 0 Å². The third kappa shape index (κ3) is 2.08. The van der Waals surface area contributed by atoms with Gasteiger partial charge in [-0.3, -0.25) is 0 Å². The summed E-state index contributed by atoms with van der Waals surface area (Å²) in [5, 5.41) is 2.09. The van der Waals surface area contributed by atoms with Crippen LogP contribution in [-0.4, -0.2) is 0 Å². The molecule has 1 aromatic heterocycles. The summed E-state index contributed by atoms with van der Waals surface area (Å²) in [6.07, 6.45) is 0. The standard InChI is InChI=1S/C15H11ClS/c1-10-5-6-12-9-15(17-14(12)7-10)11-3-2-4-13(16)8-11/h2-9H,1H3. The quantitative estimate of drug-likeness (QED) is 0.538. The van der Waals surface area contributed by atoms with Crippen LogP contribution < -0.4 is 0 Å². The average Bonchev–Trinajstić information content (AvgIpc) is 2.72. The number of thiophene rings is 1. The molecule has 0 radical (unpaired) electrons. The van der Waals surface area contributed by atoms with E-state index in [4.69, 9.17) is 11.6 Å². The Hall–Kier alpha value is -1.31. The van der Waals surface area contributed by atoms with E-state index in [1.807, 2.05) is 29.5 Å². The molecule has 0 atom stereocenters. The SMILES string of the molecule is Cc1ccc2cc(-c3cccc(Cl)c3)sc2c1. The molecular formula is C15H11ClS. The molecule has 0 nitrogen and oxygen atoms in total. The van der Waals surface area contributed by atoms with Gasteiger partial charge in [-0.1, -0.05) is 35.9 Å². The highest BCUT2D eigenvalue weighted by Crippen LogP contribution is 2.34. The van der Waals surface area contributed by atoms with Crippen LogP contribution in [-0.2, 0) is 0 Å². The number of rotatable bonds is 1. The Bertz CT molecular complexity index is 682. The van der Waals surface area contributed by atoms with Crippen LogP contribution >= 0.6 is 22.9 Å². The zero-order chi connectivity index (χ0) is 11.8. The summed E-state index contributed by atoms with van der Waals surface area (Å²) in [6, 6.07) is 16.8. The number of aryl methyl sites for hydroxylation is 1. The predicted molar refractivity (Wildman–Crippen MR) is 77.0 cm³/mol. The first-order chi connectivity index (χ1) is 8.22. The van der Waals surface area contributed by atoms with Crippen molar-refractivity contribution in [3.8, 4) is 10.4 Å². The molecule has 0 spiro atoms. The van der Waals surface area contributed by atoms with Crippen molar-refractivity contribution in [2.24, 2.45) is 0 Å². The number of hydrogen-bond acceptors (Lipinski definition) is 1. The normalized spacial score (nSPS) is 10.9. The van der Waals surface area contributed by atoms with Crippen LogP contribution in [0.25, 0.3) is 20.5 Å². The smallest absolute Gasteiger partial charge is 0.0412 e. The summed E-state index contributed by atoms with van der Waals surface area (Å²) in [7, 11) is 0. The molecule has 17 heavy (non-hydrogen) atoms. The predicted octanol–water partition coefficient (Wildman–Crippen LogP) is 5.53. The topological polar surface area (TPSA) is 0 Å². The first-order valence-electron chi connectivity index (χ1n) is 5.48. The molecule has 3 aromatic rings. The highest BCUT2D eigenvalue weighted by molar-refractivity contribution is 7.22. The van der Waals surface area contributed by atoms with Crippen molar-refractivity contribution < 1.29 is 0 Å². The molecule has 84 valence electrons. The van der Waals surface area contributed by atoms with Gasteiger partial charge in [-0.2, -0.15) is 0 Å². The minimum atomic E-state index is 0.788.